The van der Waals surface area contributed by atoms with E-state index in [4.69, 9.17) is 16.3 Å². The van der Waals surface area contributed by atoms with Gasteiger partial charge in [0.15, 0.2) is 0 Å². The Bertz CT molecular complexity index is 622. The lowest BCUT2D eigenvalue weighted by Crippen LogP contribution is -2.30. The maximum atomic E-state index is 14.1. The Morgan fingerprint density at radius 2 is 2.00 bits per heavy atom. The van der Waals surface area contributed by atoms with Crippen LogP contribution in [0.3, 0.4) is 0 Å². The van der Waals surface area contributed by atoms with E-state index >= 15 is 0 Å². The second kappa shape index (κ2) is 8.72. The minimum absolute atomic E-state index is 0.0492. The summed E-state index contributed by atoms with van der Waals surface area (Å²) in [6, 6.07) is 2.60. The molecule has 0 saturated heterocycles. The lowest BCUT2D eigenvalue weighted by Gasteiger charge is -2.22. The molecule has 24 heavy (non-hydrogen) atoms. The molecule has 1 aromatic carbocycles. The summed E-state index contributed by atoms with van der Waals surface area (Å²) < 4.78 is 18.9. The highest BCUT2D eigenvalue weighted by Gasteiger charge is 2.27. The van der Waals surface area contributed by atoms with Crippen LogP contribution in [0.1, 0.15) is 40.5 Å². The number of carbonyl (C=O) groups is 2. The third-order valence-electron chi connectivity index (χ3n) is 3.87. The molecule has 0 fully saturated rings. The fraction of sp³-hybridized carbons (Fsp3) is 0.529. The summed E-state index contributed by atoms with van der Waals surface area (Å²) in [5, 5.41) is 2.34. The standard InChI is InChI=1S/C17H23ClFNO3S/c1-6-13(15(21)23-5)24-14-9-12(11(19)8-10(14)18)20-16(22)17(3,4)7-2/h8-9,13H,6-7H2,1-5H3,(H,20,22). The van der Waals surface area contributed by atoms with Crippen LogP contribution in [0.25, 0.3) is 0 Å². The van der Waals surface area contributed by atoms with Crippen LogP contribution in [0, 0.1) is 11.2 Å². The number of thioether (sulfide) groups is 1. The molecule has 0 spiro atoms. The Morgan fingerprint density at radius 1 is 1.38 bits per heavy atom. The summed E-state index contributed by atoms with van der Waals surface area (Å²) in [6.45, 7) is 7.31. The average Bonchev–Trinajstić information content (AvgIpc) is 2.55. The highest BCUT2D eigenvalue weighted by molar-refractivity contribution is 8.00. The van der Waals surface area contributed by atoms with E-state index in [1.54, 1.807) is 13.8 Å². The van der Waals surface area contributed by atoms with Crippen LogP contribution in [0.5, 0.6) is 0 Å². The van der Waals surface area contributed by atoms with Gasteiger partial charge >= 0.3 is 5.97 Å². The molecule has 0 aliphatic rings. The number of esters is 1. The molecular formula is C17H23ClFNO3S. The van der Waals surface area contributed by atoms with Crippen molar-refractivity contribution in [1.29, 1.82) is 0 Å². The van der Waals surface area contributed by atoms with Gasteiger partial charge in [0.1, 0.15) is 11.1 Å². The van der Waals surface area contributed by atoms with Gasteiger partial charge in [-0.3, -0.25) is 9.59 Å². The molecule has 0 heterocycles. The molecule has 1 unspecified atom stereocenters. The minimum Gasteiger partial charge on any atom is -0.468 e. The van der Waals surface area contributed by atoms with Crippen LogP contribution < -0.4 is 5.32 Å². The monoisotopic (exact) mass is 375 g/mol. The molecule has 4 nitrogen and oxygen atoms in total. The van der Waals surface area contributed by atoms with Crippen molar-refractivity contribution in [2.24, 2.45) is 5.41 Å². The SMILES string of the molecule is CCC(Sc1cc(NC(=O)C(C)(C)CC)c(F)cc1Cl)C(=O)OC. The Labute approximate surface area is 151 Å². The Hall–Kier alpha value is -1.27. The highest BCUT2D eigenvalue weighted by atomic mass is 35.5. The summed E-state index contributed by atoms with van der Waals surface area (Å²) in [5.74, 6) is -1.27. The normalized spacial score (nSPS) is 12.6. The maximum absolute atomic E-state index is 14.1. The van der Waals surface area contributed by atoms with Crippen molar-refractivity contribution in [2.45, 2.75) is 50.7 Å². The van der Waals surface area contributed by atoms with E-state index in [0.717, 1.165) is 6.07 Å². The second-order valence-corrected chi connectivity index (χ2v) is 7.64. The largest absolute Gasteiger partial charge is 0.468 e. The number of nitrogens with one attached hydrogen (secondary N) is 1. The molecule has 0 aliphatic heterocycles. The fourth-order valence-electron chi connectivity index (χ4n) is 1.75. The van der Waals surface area contributed by atoms with E-state index in [1.165, 1.54) is 24.9 Å². The zero-order valence-electron chi connectivity index (χ0n) is 14.5. The van der Waals surface area contributed by atoms with E-state index in [9.17, 15) is 14.0 Å². The number of halogens is 2. The van der Waals surface area contributed by atoms with Crippen molar-refractivity contribution in [2.75, 3.05) is 12.4 Å². The molecule has 0 aromatic heterocycles. The second-order valence-electron chi connectivity index (χ2n) is 5.99. The van der Waals surface area contributed by atoms with E-state index < -0.39 is 16.5 Å². The van der Waals surface area contributed by atoms with E-state index in [1.807, 2.05) is 13.8 Å². The van der Waals surface area contributed by atoms with Gasteiger partial charge in [-0.25, -0.2) is 4.39 Å². The highest BCUT2D eigenvalue weighted by Crippen LogP contribution is 2.36. The molecule has 1 N–H and O–H groups in total. The molecule has 7 heteroatoms. The number of amides is 1. The molecular weight excluding hydrogens is 353 g/mol. The van der Waals surface area contributed by atoms with E-state index in [0.29, 0.717) is 17.7 Å². The van der Waals surface area contributed by atoms with E-state index in [2.05, 4.69) is 5.32 Å². The Balaban J connectivity index is 3.09. The summed E-state index contributed by atoms with van der Waals surface area (Å²) >= 11 is 7.27. The number of ether oxygens (including phenoxy) is 1. The van der Waals surface area contributed by atoms with Crippen LogP contribution >= 0.6 is 23.4 Å². The van der Waals surface area contributed by atoms with Gasteiger partial charge in [0.25, 0.3) is 0 Å². The number of methoxy groups -OCH3 is 1. The summed E-state index contributed by atoms with van der Waals surface area (Å²) in [5.41, 5.74) is -0.565. The average molecular weight is 376 g/mol. The molecule has 1 atom stereocenters. The lowest BCUT2D eigenvalue weighted by atomic mass is 9.89. The molecule has 1 rings (SSSR count). The third kappa shape index (κ3) is 5.11. The molecule has 1 amide bonds. The number of rotatable bonds is 7. The van der Waals surface area contributed by atoms with Gasteiger partial charge < -0.3 is 10.1 Å². The van der Waals surface area contributed by atoms with Gasteiger partial charge in [0.2, 0.25) is 5.91 Å². The Morgan fingerprint density at radius 3 is 2.50 bits per heavy atom. The summed E-state index contributed by atoms with van der Waals surface area (Å²) in [7, 11) is 1.32. The van der Waals surface area contributed by atoms with Gasteiger partial charge in [0.05, 0.1) is 17.8 Å². The topological polar surface area (TPSA) is 55.4 Å². The van der Waals surface area contributed by atoms with Crippen LogP contribution in [0.4, 0.5) is 10.1 Å². The molecule has 1 aromatic rings. The van der Waals surface area contributed by atoms with Crippen molar-refractivity contribution in [3.63, 3.8) is 0 Å². The molecule has 0 bridgehead atoms. The lowest BCUT2D eigenvalue weighted by molar-refractivity contribution is -0.140. The quantitative estimate of drug-likeness (QED) is 0.544. The minimum atomic E-state index is -0.615. The van der Waals surface area contributed by atoms with Crippen molar-refractivity contribution < 1.29 is 18.7 Å². The summed E-state index contributed by atoms with van der Waals surface area (Å²) in [6.07, 6.45) is 1.16. The van der Waals surface area contributed by atoms with Crippen LogP contribution in [0.15, 0.2) is 17.0 Å². The van der Waals surface area contributed by atoms with Crippen LogP contribution in [-0.4, -0.2) is 24.2 Å². The number of hydrogen-bond acceptors (Lipinski definition) is 4. The van der Waals surface area contributed by atoms with Gasteiger partial charge in [-0.15, -0.1) is 11.8 Å². The first-order valence-corrected chi connectivity index (χ1v) is 8.97. The fourth-order valence-corrected chi connectivity index (χ4v) is 3.06. The first-order valence-electron chi connectivity index (χ1n) is 7.71. The van der Waals surface area contributed by atoms with Crippen molar-refractivity contribution in [1.82, 2.24) is 0 Å². The van der Waals surface area contributed by atoms with Crippen molar-refractivity contribution in [3.05, 3.63) is 23.0 Å². The van der Waals surface area contributed by atoms with Gasteiger partial charge in [-0.05, 0) is 25.0 Å². The maximum Gasteiger partial charge on any atom is 0.319 e. The smallest absolute Gasteiger partial charge is 0.319 e. The van der Waals surface area contributed by atoms with Crippen LogP contribution in [0.2, 0.25) is 5.02 Å². The molecule has 134 valence electrons. The van der Waals surface area contributed by atoms with Gasteiger partial charge in [0, 0.05) is 10.3 Å². The number of benzene rings is 1. The zero-order chi connectivity index (χ0) is 18.5. The van der Waals surface area contributed by atoms with Crippen LogP contribution in [-0.2, 0) is 14.3 Å². The number of anilines is 1. The Kier molecular flexibility index (Phi) is 7.55. The molecule has 0 radical (unpaired) electrons. The number of hydrogen-bond donors (Lipinski definition) is 1. The number of carbonyl (C=O) groups excluding carboxylic acids is 2. The van der Waals surface area contributed by atoms with Gasteiger partial charge in [-0.2, -0.15) is 0 Å². The van der Waals surface area contributed by atoms with Crippen molar-refractivity contribution in [3.8, 4) is 0 Å². The first kappa shape index (κ1) is 20.8. The molecule has 0 aliphatic carbocycles. The van der Waals surface area contributed by atoms with Gasteiger partial charge in [-0.1, -0.05) is 39.3 Å². The zero-order valence-corrected chi connectivity index (χ0v) is 16.1. The summed E-state index contributed by atoms with van der Waals surface area (Å²) in [4.78, 5) is 24.5. The molecule has 0 saturated carbocycles. The predicted molar refractivity (Wildman–Crippen MR) is 96.1 cm³/mol. The van der Waals surface area contributed by atoms with Crippen molar-refractivity contribution >= 4 is 40.9 Å². The predicted octanol–water partition coefficient (Wildman–Crippen LogP) is 4.90. The first-order chi connectivity index (χ1) is 11.2. The third-order valence-corrected chi connectivity index (χ3v) is 5.70. The van der Waals surface area contributed by atoms with E-state index in [-0.39, 0.29) is 22.6 Å².